The lowest BCUT2D eigenvalue weighted by atomic mass is 10.0. The molecule has 2 aromatic heterocycles. The Morgan fingerprint density at radius 1 is 1.29 bits per heavy atom. The van der Waals surface area contributed by atoms with Crippen molar-refractivity contribution >= 4 is 24.0 Å². The molecule has 28 heavy (non-hydrogen) atoms. The molecule has 2 rings (SSSR count). The van der Waals surface area contributed by atoms with E-state index in [1.165, 1.54) is 12.1 Å². The number of aldehydes is 1. The SMILES string of the molecule is CC(C)(C)OC(=O)NCc1cnc(C(F)(F)F)cc1-c1ccc(C=O)c(Cl)n1. The number of alkyl carbamates (subject to hydrolysis) is 1. The van der Waals surface area contributed by atoms with Crippen LogP contribution in [0.2, 0.25) is 5.15 Å². The van der Waals surface area contributed by atoms with Crippen LogP contribution in [0.3, 0.4) is 0 Å². The Morgan fingerprint density at radius 3 is 2.50 bits per heavy atom. The molecule has 0 fully saturated rings. The fraction of sp³-hybridized carbons (Fsp3) is 0.333. The fourth-order valence-electron chi connectivity index (χ4n) is 2.18. The normalized spacial score (nSPS) is 11.8. The van der Waals surface area contributed by atoms with Crippen molar-refractivity contribution in [2.24, 2.45) is 0 Å². The summed E-state index contributed by atoms with van der Waals surface area (Å²) in [5.41, 5.74) is -1.32. The molecule has 0 aliphatic rings. The van der Waals surface area contributed by atoms with Crippen molar-refractivity contribution in [2.45, 2.75) is 39.1 Å². The molecule has 0 saturated heterocycles. The number of hydrogen-bond acceptors (Lipinski definition) is 5. The van der Waals surface area contributed by atoms with E-state index in [0.717, 1.165) is 12.3 Å². The van der Waals surface area contributed by atoms with Gasteiger partial charge < -0.3 is 10.1 Å². The molecule has 0 atom stereocenters. The van der Waals surface area contributed by atoms with Gasteiger partial charge in [-0.25, -0.2) is 9.78 Å². The second-order valence-electron chi connectivity index (χ2n) is 6.77. The molecule has 150 valence electrons. The van der Waals surface area contributed by atoms with Crippen LogP contribution in [-0.4, -0.2) is 27.9 Å². The van der Waals surface area contributed by atoms with Crippen LogP contribution >= 0.6 is 11.6 Å². The second-order valence-corrected chi connectivity index (χ2v) is 7.13. The number of amides is 1. The zero-order valence-electron chi connectivity index (χ0n) is 15.2. The lowest BCUT2D eigenvalue weighted by Crippen LogP contribution is -2.32. The van der Waals surface area contributed by atoms with Gasteiger partial charge in [-0.05, 0) is 44.5 Å². The van der Waals surface area contributed by atoms with Crippen LogP contribution < -0.4 is 5.32 Å². The Hall–Kier alpha value is -2.68. The summed E-state index contributed by atoms with van der Waals surface area (Å²) in [6.07, 6.45) is -3.92. The van der Waals surface area contributed by atoms with Crippen molar-refractivity contribution in [2.75, 3.05) is 0 Å². The first kappa shape index (κ1) is 21.6. The maximum atomic E-state index is 13.1. The van der Waals surface area contributed by atoms with Crippen LogP contribution in [0.25, 0.3) is 11.3 Å². The van der Waals surface area contributed by atoms with Gasteiger partial charge in [0.2, 0.25) is 0 Å². The van der Waals surface area contributed by atoms with E-state index in [1.807, 2.05) is 0 Å². The summed E-state index contributed by atoms with van der Waals surface area (Å²) < 4.78 is 44.3. The van der Waals surface area contributed by atoms with Gasteiger partial charge >= 0.3 is 12.3 Å². The van der Waals surface area contributed by atoms with E-state index in [-0.39, 0.29) is 34.1 Å². The van der Waals surface area contributed by atoms with Gasteiger partial charge in [-0.3, -0.25) is 9.78 Å². The number of carbonyl (C=O) groups is 2. The first-order chi connectivity index (χ1) is 12.9. The quantitative estimate of drug-likeness (QED) is 0.580. The zero-order valence-corrected chi connectivity index (χ0v) is 16.0. The van der Waals surface area contributed by atoms with Crippen molar-refractivity contribution in [3.8, 4) is 11.3 Å². The molecule has 0 bridgehead atoms. The van der Waals surface area contributed by atoms with E-state index < -0.39 is 23.6 Å². The molecule has 10 heteroatoms. The number of alkyl halides is 3. The number of nitrogens with zero attached hydrogens (tertiary/aromatic N) is 2. The molecule has 2 aromatic rings. The summed E-state index contributed by atoms with van der Waals surface area (Å²) in [7, 11) is 0. The standard InChI is InChI=1S/C18H17ClF3N3O3/c1-17(2,3)28-16(27)24-8-11-7-23-14(18(20,21)22)6-12(11)13-5-4-10(9-26)15(19)25-13/h4-7,9H,8H2,1-3H3,(H,24,27). The van der Waals surface area contributed by atoms with Crippen LogP contribution in [0, 0.1) is 0 Å². The van der Waals surface area contributed by atoms with Crippen LogP contribution in [0.4, 0.5) is 18.0 Å². The Kier molecular flexibility index (Phi) is 6.28. The van der Waals surface area contributed by atoms with Gasteiger partial charge in [0.25, 0.3) is 0 Å². The minimum atomic E-state index is -4.67. The minimum Gasteiger partial charge on any atom is -0.444 e. The highest BCUT2D eigenvalue weighted by Crippen LogP contribution is 2.32. The molecule has 2 heterocycles. The molecular weight excluding hydrogens is 399 g/mol. The van der Waals surface area contributed by atoms with Gasteiger partial charge in [-0.15, -0.1) is 0 Å². The van der Waals surface area contributed by atoms with E-state index in [2.05, 4.69) is 15.3 Å². The molecule has 1 amide bonds. The van der Waals surface area contributed by atoms with E-state index in [0.29, 0.717) is 6.29 Å². The molecule has 1 N–H and O–H groups in total. The number of rotatable bonds is 4. The highest BCUT2D eigenvalue weighted by atomic mass is 35.5. The monoisotopic (exact) mass is 415 g/mol. The number of hydrogen-bond donors (Lipinski definition) is 1. The first-order valence-corrected chi connectivity index (χ1v) is 8.43. The van der Waals surface area contributed by atoms with E-state index >= 15 is 0 Å². The maximum absolute atomic E-state index is 13.1. The molecule has 0 saturated carbocycles. The number of pyridine rings is 2. The molecular formula is C18H17ClF3N3O3. The zero-order chi connectivity index (χ0) is 21.1. The largest absolute Gasteiger partial charge is 0.444 e. The lowest BCUT2D eigenvalue weighted by Gasteiger charge is -2.20. The summed E-state index contributed by atoms with van der Waals surface area (Å²) in [4.78, 5) is 30.1. The predicted molar refractivity (Wildman–Crippen MR) is 95.9 cm³/mol. The van der Waals surface area contributed by atoms with Gasteiger partial charge in [-0.1, -0.05) is 11.6 Å². The van der Waals surface area contributed by atoms with Crippen molar-refractivity contribution in [1.82, 2.24) is 15.3 Å². The third-order valence-corrected chi connectivity index (χ3v) is 3.68. The fourth-order valence-corrected chi connectivity index (χ4v) is 2.38. The maximum Gasteiger partial charge on any atom is 0.433 e. The smallest absolute Gasteiger partial charge is 0.433 e. The molecule has 0 radical (unpaired) electrons. The third-order valence-electron chi connectivity index (χ3n) is 3.38. The van der Waals surface area contributed by atoms with E-state index in [9.17, 15) is 22.8 Å². The van der Waals surface area contributed by atoms with Crippen molar-refractivity contribution in [3.63, 3.8) is 0 Å². The summed E-state index contributed by atoms with van der Waals surface area (Å²) in [6, 6.07) is 3.52. The molecule has 6 nitrogen and oxygen atoms in total. The van der Waals surface area contributed by atoms with Crippen LogP contribution in [0.15, 0.2) is 24.4 Å². The third kappa shape index (κ3) is 5.66. The number of halogens is 4. The van der Waals surface area contributed by atoms with Gasteiger partial charge in [0.05, 0.1) is 11.3 Å². The van der Waals surface area contributed by atoms with Crippen molar-refractivity contribution in [1.29, 1.82) is 0 Å². The van der Waals surface area contributed by atoms with Gasteiger partial charge in [0.1, 0.15) is 16.4 Å². The first-order valence-electron chi connectivity index (χ1n) is 8.06. The molecule has 0 aromatic carbocycles. The highest BCUT2D eigenvalue weighted by molar-refractivity contribution is 6.31. The highest BCUT2D eigenvalue weighted by Gasteiger charge is 2.33. The van der Waals surface area contributed by atoms with Crippen molar-refractivity contribution in [3.05, 3.63) is 46.4 Å². The second kappa shape index (κ2) is 8.14. The molecule has 0 spiro atoms. The van der Waals surface area contributed by atoms with E-state index in [4.69, 9.17) is 16.3 Å². The Labute approximate surface area is 164 Å². The average molecular weight is 416 g/mol. The summed E-state index contributed by atoms with van der Waals surface area (Å²) in [6.45, 7) is 4.89. The molecule has 0 aliphatic heterocycles. The molecule has 0 unspecified atom stereocenters. The number of ether oxygens (including phenoxy) is 1. The summed E-state index contributed by atoms with van der Waals surface area (Å²) in [5.74, 6) is 0. The Balaban J connectivity index is 2.41. The Morgan fingerprint density at radius 2 is 1.96 bits per heavy atom. The van der Waals surface area contributed by atoms with Crippen LogP contribution in [0.1, 0.15) is 42.4 Å². The lowest BCUT2D eigenvalue weighted by molar-refractivity contribution is -0.141. The van der Waals surface area contributed by atoms with Gasteiger partial charge in [0, 0.05) is 18.3 Å². The van der Waals surface area contributed by atoms with Gasteiger partial charge in [0.15, 0.2) is 6.29 Å². The Bertz CT molecular complexity index is 896. The van der Waals surface area contributed by atoms with E-state index in [1.54, 1.807) is 20.8 Å². The average Bonchev–Trinajstić information content (AvgIpc) is 2.57. The van der Waals surface area contributed by atoms with Gasteiger partial charge in [-0.2, -0.15) is 13.2 Å². The summed E-state index contributed by atoms with van der Waals surface area (Å²) in [5, 5.41) is 2.31. The number of carbonyl (C=O) groups excluding carboxylic acids is 2. The number of nitrogens with one attached hydrogen (secondary N) is 1. The number of aromatic nitrogens is 2. The van der Waals surface area contributed by atoms with Crippen molar-refractivity contribution < 1.29 is 27.5 Å². The van der Waals surface area contributed by atoms with Crippen LogP contribution in [-0.2, 0) is 17.5 Å². The summed E-state index contributed by atoms with van der Waals surface area (Å²) >= 11 is 5.89. The van der Waals surface area contributed by atoms with Crippen LogP contribution in [0.5, 0.6) is 0 Å². The predicted octanol–water partition coefficient (Wildman–Crippen LogP) is 4.65. The molecule has 0 aliphatic carbocycles. The topological polar surface area (TPSA) is 81.2 Å². The minimum absolute atomic E-state index is 0.0673.